The molecule has 0 saturated heterocycles. The zero-order valence-corrected chi connectivity index (χ0v) is 17.4. The van der Waals surface area contributed by atoms with E-state index in [1.165, 1.54) is 0 Å². The van der Waals surface area contributed by atoms with E-state index in [0.717, 1.165) is 11.4 Å². The number of nitrogens with two attached hydrogens (primary N) is 1. The monoisotopic (exact) mass is 428 g/mol. The van der Waals surface area contributed by atoms with Crippen LogP contribution in [0.2, 0.25) is 0 Å². The number of benzene rings is 3. The Morgan fingerprint density at radius 1 is 0.906 bits per heavy atom. The largest absolute Gasteiger partial charge is 0.350 e. The molecule has 4 N–H and O–H groups in total. The first-order chi connectivity index (χ1) is 15.5. The Bertz CT molecular complexity index is 1070. The molecule has 0 aromatic heterocycles. The number of carbonyl (C=O) groups is 2. The second-order valence-electron chi connectivity index (χ2n) is 6.86. The number of amides is 3. The van der Waals surface area contributed by atoms with E-state index in [2.05, 4.69) is 22.1 Å². The summed E-state index contributed by atoms with van der Waals surface area (Å²) in [5, 5.41) is 12.5. The Hall–Kier alpha value is -4.28. The van der Waals surface area contributed by atoms with Crippen LogP contribution in [0.4, 0.5) is 16.2 Å². The Kier molecular flexibility index (Phi) is 7.84. The molecule has 0 spiro atoms. The van der Waals surface area contributed by atoms with Crippen molar-refractivity contribution in [3.8, 4) is 11.8 Å². The molecule has 0 aliphatic heterocycles. The molecular formula is C25H24N4O3. The molecule has 0 fully saturated rings. The fourth-order valence-corrected chi connectivity index (χ4v) is 3.04. The van der Waals surface area contributed by atoms with Gasteiger partial charge in [-0.2, -0.15) is 5.06 Å². The van der Waals surface area contributed by atoms with Crippen LogP contribution in [0.1, 0.15) is 15.9 Å². The van der Waals surface area contributed by atoms with Gasteiger partial charge in [-0.1, -0.05) is 54.3 Å². The number of anilines is 2. The van der Waals surface area contributed by atoms with Crippen LogP contribution < -0.4 is 16.0 Å². The van der Waals surface area contributed by atoms with Crippen LogP contribution in [0, 0.1) is 11.8 Å². The number of nitrogens with one attached hydrogen (secondary N) is 1. The second-order valence-corrected chi connectivity index (χ2v) is 6.86. The van der Waals surface area contributed by atoms with Crippen LogP contribution in [-0.2, 0) is 0 Å². The zero-order chi connectivity index (χ0) is 22.8. The summed E-state index contributed by atoms with van der Waals surface area (Å²) in [6.45, 7) is 0.815. The summed E-state index contributed by atoms with van der Waals surface area (Å²) in [6, 6.07) is 25.8. The molecular weight excluding hydrogens is 404 g/mol. The number of para-hydroxylation sites is 2. The van der Waals surface area contributed by atoms with Crippen molar-refractivity contribution < 1.29 is 14.8 Å². The quantitative estimate of drug-likeness (QED) is 0.305. The molecule has 0 atom stereocenters. The van der Waals surface area contributed by atoms with Gasteiger partial charge in [0.1, 0.15) is 6.54 Å². The molecule has 0 aliphatic rings. The van der Waals surface area contributed by atoms with Crippen molar-refractivity contribution in [1.29, 1.82) is 0 Å². The number of hydroxylamine groups is 2. The predicted molar refractivity (Wildman–Crippen MR) is 124 cm³/mol. The van der Waals surface area contributed by atoms with E-state index in [1.807, 2.05) is 60.7 Å². The Morgan fingerprint density at radius 2 is 1.53 bits per heavy atom. The van der Waals surface area contributed by atoms with Gasteiger partial charge in [-0.3, -0.25) is 10.0 Å². The average molecular weight is 428 g/mol. The summed E-state index contributed by atoms with van der Waals surface area (Å²) < 4.78 is 0. The van der Waals surface area contributed by atoms with Gasteiger partial charge in [0.2, 0.25) is 0 Å². The molecule has 0 bridgehead atoms. The lowest BCUT2D eigenvalue weighted by Gasteiger charge is -2.25. The summed E-state index contributed by atoms with van der Waals surface area (Å²) in [5.41, 5.74) is 8.08. The third kappa shape index (κ3) is 6.36. The molecule has 3 rings (SSSR count). The number of primary amides is 1. The molecule has 7 heteroatoms. The van der Waals surface area contributed by atoms with Crippen LogP contribution in [0.3, 0.4) is 0 Å². The van der Waals surface area contributed by atoms with Crippen molar-refractivity contribution in [3.05, 3.63) is 96.1 Å². The van der Waals surface area contributed by atoms with Crippen LogP contribution in [0.25, 0.3) is 0 Å². The van der Waals surface area contributed by atoms with E-state index in [1.54, 1.807) is 24.3 Å². The van der Waals surface area contributed by atoms with Crippen molar-refractivity contribution >= 4 is 23.3 Å². The van der Waals surface area contributed by atoms with E-state index in [9.17, 15) is 14.8 Å². The van der Waals surface area contributed by atoms with Crippen molar-refractivity contribution in [1.82, 2.24) is 10.4 Å². The maximum atomic E-state index is 12.6. The van der Waals surface area contributed by atoms with Crippen molar-refractivity contribution in [2.24, 2.45) is 5.73 Å². The molecule has 0 aliphatic carbocycles. The maximum absolute atomic E-state index is 12.6. The second kappa shape index (κ2) is 11.2. The lowest BCUT2D eigenvalue weighted by Crippen LogP contribution is -2.32. The number of hydrogen-bond donors (Lipinski definition) is 3. The molecule has 3 aromatic carbocycles. The minimum Gasteiger partial charge on any atom is -0.350 e. The standard InChI is InChI=1S/C25H24N4O3/c26-25(31)29(32)17-8-10-20-9-7-11-21(19-20)24(30)27-16-18-28(22-12-3-1-4-13-22)23-14-5-2-6-15-23/h1-7,9,11-15,19,32H,16-18H2,(H2,26,31)(H,27,30). The van der Waals surface area contributed by atoms with Gasteiger partial charge in [0.05, 0.1) is 0 Å². The highest BCUT2D eigenvalue weighted by atomic mass is 16.5. The van der Waals surface area contributed by atoms with Crippen LogP contribution in [0.5, 0.6) is 0 Å². The van der Waals surface area contributed by atoms with Crippen molar-refractivity contribution in [2.45, 2.75) is 0 Å². The predicted octanol–water partition coefficient (Wildman–Crippen LogP) is 3.38. The zero-order valence-electron chi connectivity index (χ0n) is 17.4. The third-order valence-electron chi connectivity index (χ3n) is 4.60. The summed E-state index contributed by atoms with van der Waals surface area (Å²) in [4.78, 5) is 25.6. The van der Waals surface area contributed by atoms with Gasteiger partial charge in [0.25, 0.3) is 5.91 Å². The van der Waals surface area contributed by atoms with Gasteiger partial charge in [0, 0.05) is 35.6 Å². The Balaban J connectivity index is 1.62. The van der Waals surface area contributed by atoms with E-state index >= 15 is 0 Å². The average Bonchev–Trinajstić information content (AvgIpc) is 2.83. The summed E-state index contributed by atoms with van der Waals surface area (Å²) in [7, 11) is 0. The number of rotatable bonds is 7. The molecule has 3 amide bonds. The molecule has 0 unspecified atom stereocenters. The molecule has 7 nitrogen and oxygen atoms in total. The molecule has 32 heavy (non-hydrogen) atoms. The summed E-state index contributed by atoms with van der Waals surface area (Å²) in [5.74, 6) is 5.21. The van der Waals surface area contributed by atoms with Gasteiger partial charge < -0.3 is 16.0 Å². The SMILES string of the molecule is NC(=O)N(O)CC#Cc1cccc(C(=O)NCCN(c2ccccc2)c2ccccc2)c1. The van der Waals surface area contributed by atoms with Gasteiger partial charge in [0.15, 0.2) is 0 Å². The number of carbonyl (C=O) groups excluding carboxylic acids is 2. The lowest BCUT2D eigenvalue weighted by molar-refractivity contribution is -0.0269. The Morgan fingerprint density at radius 3 is 2.12 bits per heavy atom. The molecule has 0 heterocycles. The van der Waals surface area contributed by atoms with Gasteiger partial charge in [-0.05, 0) is 42.5 Å². The normalized spacial score (nSPS) is 9.91. The van der Waals surface area contributed by atoms with Crippen molar-refractivity contribution in [2.75, 3.05) is 24.5 Å². The number of hydrogen-bond acceptors (Lipinski definition) is 4. The van der Waals surface area contributed by atoms with Gasteiger partial charge in [-0.25, -0.2) is 4.79 Å². The summed E-state index contributed by atoms with van der Waals surface area (Å²) >= 11 is 0. The molecule has 0 radical (unpaired) electrons. The lowest BCUT2D eigenvalue weighted by atomic mass is 10.1. The van der Waals surface area contributed by atoms with Crippen LogP contribution in [0.15, 0.2) is 84.9 Å². The van der Waals surface area contributed by atoms with Crippen LogP contribution in [-0.4, -0.2) is 41.8 Å². The van der Waals surface area contributed by atoms with Crippen molar-refractivity contribution in [3.63, 3.8) is 0 Å². The van der Waals surface area contributed by atoms with E-state index < -0.39 is 6.03 Å². The minimum absolute atomic E-state index is 0.212. The fourth-order valence-electron chi connectivity index (χ4n) is 3.04. The Labute approximate surface area is 187 Å². The first-order valence-electron chi connectivity index (χ1n) is 10.1. The number of urea groups is 1. The highest BCUT2D eigenvalue weighted by Crippen LogP contribution is 2.24. The molecule has 162 valence electrons. The first kappa shape index (κ1) is 22.4. The molecule has 0 saturated carbocycles. The third-order valence-corrected chi connectivity index (χ3v) is 4.60. The first-order valence-corrected chi connectivity index (χ1v) is 10.1. The highest BCUT2D eigenvalue weighted by Gasteiger charge is 2.10. The summed E-state index contributed by atoms with van der Waals surface area (Å²) in [6.07, 6.45) is 0. The molecule has 3 aromatic rings. The van der Waals surface area contributed by atoms with Gasteiger partial charge in [-0.15, -0.1) is 0 Å². The fraction of sp³-hybridized carbons (Fsp3) is 0.120. The minimum atomic E-state index is -0.979. The number of nitrogens with zero attached hydrogens (tertiary/aromatic N) is 2. The van der Waals surface area contributed by atoms with Crippen LogP contribution >= 0.6 is 0 Å². The topological polar surface area (TPSA) is 98.9 Å². The van der Waals surface area contributed by atoms with Gasteiger partial charge >= 0.3 is 6.03 Å². The highest BCUT2D eigenvalue weighted by molar-refractivity contribution is 5.94. The van der Waals surface area contributed by atoms with E-state index in [-0.39, 0.29) is 12.5 Å². The van der Waals surface area contributed by atoms with E-state index in [4.69, 9.17) is 5.73 Å². The van der Waals surface area contributed by atoms with E-state index in [0.29, 0.717) is 29.3 Å². The maximum Gasteiger partial charge on any atom is 0.339 e. The smallest absolute Gasteiger partial charge is 0.339 e.